The van der Waals surface area contributed by atoms with E-state index in [2.05, 4.69) is 46.7 Å². The van der Waals surface area contributed by atoms with Gasteiger partial charge < -0.3 is 35.2 Å². The Labute approximate surface area is 231 Å². The maximum atomic E-state index is 11.0. The maximum absolute atomic E-state index is 11.0. The van der Waals surface area contributed by atoms with Gasteiger partial charge >= 0.3 is 6.09 Å². The second-order valence-electron chi connectivity index (χ2n) is 10.2. The first-order valence-corrected chi connectivity index (χ1v) is 13.6. The van der Waals surface area contributed by atoms with Gasteiger partial charge in [0.05, 0.1) is 19.2 Å². The molecule has 10 nitrogen and oxygen atoms in total. The van der Waals surface area contributed by atoms with Crippen molar-refractivity contribution in [2.24, 2.45) is 0 Å². The number of benzene rings is 2. The summed E-state index contributed by atoms with van der Waals surface area (Å²) in [5.41, 5.74) is 3.14. The Hall–Kier alpha value is -3.79. The Kier molecular flexibility index (Phi) is 9.64. The molecule has 3 aromatic rings. The highest BCUT2D eigenvalue weighted by atomic mass is 16.5. The smallest absolute Gasteiger partial charge is 0.407 e. The summed E-state index contributed by atoms with van der Waals surface area (Å²) in [6, 6.07) is 14.7. The number of amides is 1. The largest absolute Gasteiger partial charge is 0.496 e. The summed E-state index contributed by atoms with van der Waals surface area (Å²) in [7, 11) is 7.43. The molecule has 1 saturated heterocycles. The molecule has 1 aromatic heterocycles. The van der Waals surface area contributed by atoms with Gasteiger partial charge in [-0.1, -0.05) is 18.2 Å². The number of hydrogen-bond acceptors (Lipinski definition) is 8. The lowest BCUT2D eigenvalue weighted by Crippen LogP contribution is -2.43. The third kappa shape index (κ3) is 7.00. The zero-order chi connectivity index (χ0) is 27.8. The molecule has 0 aliphatic carbocycles. The molecule has 1 aliphatic heterocycles. The van der Waals surface area contributed by atoms with Gasteiger partial charge in [0.25, 0.3) is 0 Å². The Bertz CT molecular complexity index is 1250. The van der Waals surface area contributed by atoms with Crippen molar-refractivity contribution in [1.29, 1.82) is 0 Å². The predicted octanol–water partition coefficient (Wildman–Crippen LogP) is 4.26. The number of rotatable bonds is 12. The number of unbranched alkanes of at least 4 members (excludes halogenated alkanes) is 1. The van der Waals surface area contributed by atoms with Crippen molar-refractivity contribution in [2.45, 2.75) is 38.3 Å². The number of aromatic nitrogens is 2. The van der Waals surface area contributed by atoms with Gasteiger partial charge in [-0.05, 0) is 63.0 Å². The van der Waals surface area contributed by atoms with E-state index >= 15 is 0 Å². The maximum Gasteiger partial charge on any atom is 0.407 e. The minimum absolute atomic E-state index is 0.309. The monoisotopic (exact) mass is 535 g/mol. The van der Waals surface area contributed by atoms with E-state index in [0.717, 1.165) is 72.5 Å². The van der Waals surface area contributed by atoms with Crippen LogP contribution in [-0.4, -0.2) is 86.5 Å². The van der Waals surface area contributed by atoms with E-state index in [1.54, 1.807) is 14.2 Å². The molecule has 1 amide bonds. The minimum atomic E-state index is -0.907. The van der Waals surface area contributed by atoms with Crippen LogP contribution in [0.2, 0.25) is 0 Å². The fourth-order valence-corrected chi connectivity index (χ4v) is 5.12. The number of para-hydroxylation sites is 1. The number of piperidine rings is 1. The van der Waals surface area contributed by atoms with Crippen LogP contribution in [0.1, 0.15) is 31.2 Å². The van der Waals surface area contributed by atoms with Crippen molar-refractivity contribution < 1.29 is 14.6 Å². The van der Waals surface area contributed by atoms with E-state index in [-0.39, 0.29) is 0 Å². The number of hydrogen-bond donors (Lipinski definition) is 3. The number of carbonyl (C=O) groups is 1. The zero-order valence-corrected chi connectivity index (χ0v) is 23.5. The molecule has 2 aromatic carbocycles. The van der Waals surface area contributed by atoms with Gasteiger partial charge in [0.1, 0.15) is 11.6 Å². The molecule has 1 fully saturated rings. The van der Waals surface area contributed by atoms with Crippen molar-refractivity contribution in [3.8, 4) is 5.75 Å². The van der Waals surface area contributed by atoms with Gasteiger partial charge in [-0.2, -0.15) is 4.98 Å². The van der Waals surface area contributed by atoms with Crippen molar-refractivity contribution in [3.63, 3.8) is 0 Å². The summed E-state index contributed by atoms with van der Waals surface area (Å²) < 4.78 is 5.83. The normalized spacial score (nSPS) is 13.7. The molecule has 10 heteroatoms. The lowest BCUT2D eigenvalue weighted by molar-refractivity contribution is 0.155. The molecule has 0 atom stereocenters. The van der Waals surface area contributed by atoms with Crippen LogP contribution in [0.3, 0.4) is 0 Å². The highest BCUT2D eigenvalue weighted by Gasteiger charge is 2.27. The molecule has 0 saturated carbocycles. The predicted molar refractivity (Wildman–Crippen MR) is 157 cm³/mol. The van der Waals surface area contributed by atoms with Crippen molar-refractivity contribution in [2.75, 3.05) is 69.5 Å². The Morgan fingerprint density at radius 3 is 2.56 bits per heavy atom. The first kappa shape index (κ1) is 28.2. The second-order valence-corrected chi connectivity index (χ2v) is 10.2. The highest BCUT2D eigenvalue weighted by molar-refractivity contribution is 5.90. The SMILES string of the molecule is COc1cccc(N(C)C)c1CN(c1nc(NCCCCN(C)C(=O)O)nc2ccccc12)C1CCNCC1. The summed E-state index contributed by atoms with van der Waals surface area (Å²) in [5.74, 6) is 2.36. The lowest BCUT2D eigenvalue weighted by Gasteiger charge is -2.37. The molecular formula is C29H41N7O3. The first-order chi connectivity index (χ1) is 18.9. The van der Waals surface area contributed by atoms with Gasteiger partial charge in [0.15, 0.2) is 0 Å². The van der Waals surface area contributed by atoms with E-state index in [1.165, 1.54) is 4.90 Å². The molecule has 0 unspecified atom stereocenters. The third-order valence-corrected chi connectivity index (χ3v) is 7.27. The summed E-state index contributed by atoms with van der Waals surface area (Å²) in [5, 5.41) is 17.0. The van der Waals surface area contributed by atoms with Crippen LogP contribution in [0, 0.1) is 0 Å². The van der Waals surface area contributed by atoms with E-state index < -0.39 is 6.09 Å². The topological polar surface area (TPSA) is 106 Å². The van der Waals surface area contributed by atoms with Gasteiger partial charge in [0.2, 0.25) is 5.95 Å². The summed E-state index contributed by atoms with van der Waals surface area (Å²) in [4.78, 5) is 26.8. The number of anilines is 3. The fourth-order valence-electron chi connectivity index (χ4n) is 5.12. The zero-order valence-electron chi connectivity index (χ0n) is 23.5. The summed E-state index contributed by atoms with van der Waals surface area (Å²) in [6.07, 6.45) is 2.71. The van der Waals surface area contributed by atoms with E-state index in [0.29, 0.717) is 31.6 Å². The highest BCUT2D eigenvalue weighted by Crippen LogP contribution is 2.35. The molecule has 4 rings (SSSR count). The molecule has 3 N–H and O–H groups in total. The molecule has 39 heavy (non-hydrogen) atoms. The van der Waals surface area contributed by atoms with Gasteiger partial charge in [-0.3, -0.25) is 0 Å². The number of ether oxygens (including phenoxy) is 1. The summed E-state index contributed by atoms with van der Waals surface area (Å²) in [6.45, 7) is 3.75. The summed E-state index contributed by atoms with van der Waals surface area (Å²) >= 11 is 0. The number of carboxylic acid groups (broad SMARTS) is 1. The molecule has 0 bridgehead atoms. The molecule has 2 heterocycles. The second kappa shape index (κ2) is 13.3. The molecule has 1 aliphatic rings. The Morgan fingerprint density at radius 1 is 1.08 bits per heavy atom. The van der Waals surface area contributed by atoms with E-state index in [9.17, 15) is 4.79 Å². The van der Waals surface area contributed by atoms with Crippen LogP contribution >= 0.6 is 0 Å². The van der Waals surface area contributed by atoms with Crippen LogP contribution in [0.5, 0.6) is 5.75 Å². The van der Waals surface area contributed by atoms with E-state index in [1.807, 2.05) is 30.3 Å². The van der Waals surface area contributed by atoms with Gasteiger partial charge in [0, 0.05) is 56.9 Å². The Morgan fingerprint density at radius 2 is 1.85 bits per heavy atom. The van der Waals surface area contributed by atoms with Crippen LogP contribution < -0.4 is 25.2 Å². The standard InChI is InChI=1S/C29H41N7O3/c1-34(2)25-12-9-13-26(39-4)23(25)20-36(21-14-17-30-18-15-21)27-22-10-5-6-11-24(22)32-28(33-27)31-16-7-8-19-35(3)29(37)38/h5-6,9-13,21,30H,7-8,14-20H2,1-4H3,(H,37,38)(H,31,32,33). The average Bonchev–Trinajstić information content (AvgIpc) is 2.95. The number of fused-ring (bicyclic) bond motifs is 1. The number of nitrogens with zero attached hydrogens (tertiary/aromatic N) is 5. The van der Waals surface area contributed by atoms with Crippen molar-refractivity contribution in [1.82, 2.24) is 20.2 Å². The van der Waals surface area contributed by atoms with Gasteiger partial charge in [-0.25, -0.2) is 9.78 Å². The third-order valence-electron chi connectivity index (χ3n) is 7.27. The van der Waals surface area contributed by atoms with Crippen LogP contribution in [0.4, 0.5) is 22.2 Å². The van der Waals surface area contributed by atoms with Crippen molar-refractivity contribution in [3.05, 3.63) is 48.0 Å². The quantitative estimate of drug-likeness (QED) is 0.293. The fraction of sp³-hybridized carbons (Fsp3) is 0.483. The minimum Gasteiger partial charge on any atom is -0.496 e. The number of methoxy groups -OCH3 is 1. The molecule has 210 valence electrons. The van der Waals surface area contributed by atoms with Crippen LogP contribution in [0.25, 0.3) is 10.9 Å². The Balaban J connectivity index is 1.68. The first-order valence-electron chi connectivity index (χ1n) is 13.6. The van der Waals surface area contributed by atoms with Crippen LogP contribution in [0.15, 0.2) is 42.5 Å². The van der Waals surface area contributed by atoms with Crippen LogP contribution in [-0.2, 0) is 6.54 Å². The molecule has 0 spiro atoms. The lowest BCUT2D eigenvalue weighted by atomic mass is 10.0. The van der Waals surface area contributed by atoms with Crippen molar-refractivity contribution >= 4 is 34.4 Å². The average molecular weight is 536 g/mol. The van der Waals surface area contributed by atoms with E-state index in [4.69, 9.17) is 19.8 Å². The van der Waals surface area contributed by atoms with Gasteiger partial charge in [-0.15, -0.1) is 0 Å². The molecule has 0 radical (unpaired) electrons. The number of nitrogens with one attached hydrogen (secondary N) is 2. The molecular weight excluding hydrogens is 494 g/mol.